The summed E-state index contributed by atoms with van der Waals surface area (Å²) < 4.78 is 5.84. The maximum absolute atomic E-state index is 5.84. The number of hydrogen-bond donors (Lipinski definition) is 1. The van der Waals surface area contributed by atoms with E-state index in [0.717, 1.165) is 55.8 Å². The van der Waals surface area contributed by atoms with Crippen molar-refractivity contribution in [2.45, 2.75) is 25.9 Å². The summed E-state index contributed by atoms with van der Waals surface area (Å²) >= 11 is 1.72. The molecule has 0 amide bonds. The molecular weight excluding hydrogens is 368 g/mol. The summed E-state index contributed by atoms with van der Waals surface area (Å²) in [4.78, 5) is 14.8. The smallest absolute Gasteiger partial charge is 0.142 e. The molecule has 28 heavy (non-hydrogen) atoms. The Kier molecular flexibility index (Phi) is 5.01. The summed E-state index contributed by atoms with van der Waals surface area (Å²) in [7, 11) is 0. The number of ether oxygens (including phenoxy) is 1. The molecule has 0 bridgehead atoms. The van der Waals surface area contributed by atoms with Crippen LogP contribution in [0.5, 0.6) is 0 Å². The van der Waals surface area contributed by atoms with Gasteiger partial charge in [0.2, 0.25) is 0 Å². The summed E-state index contributed by atoms with van der Waals surface area (Å²) in [6.45, 7) is 8.48. The van der Waals surface area contributed by atoms with Crippen molar-refractivity contribution in [1.82, 2.24) is 9.97 Å². The Bertz CT molecular complexity index is 944. The van der Waals surface area contributed by atoms with E-state index >= 15 is 0 Å². The van der Waals surface area contributed by atoms with Gasteiger partial charge in [-0.15, -0.1) is 11.3 Å². The van der Waals surface area contributed by atoms with Gasteiger partial charge in [-0.05, 0) is 25.3 Å². The zero-order valence-electron chi connectivity index (χ0n) is 16.4. The standard InChI is InChI=1S/C22H26N4OS/c1-16-23-21(26-11-9-25(10-12-26)14-18-8-5-13-27-18)20-19(15-28-22(20)24-16)17-6-3-2-4-7-17/h2-4,6-7,15,18H,5,8-14H2,1H3/p+1/t18-/m0/s1. The molecule has 2 saturated heterocycles. The minimum atomic E-state index is 0.469. The van der Waals surface area contributed by atoms with Gasteiger partial charge in [-0.1, -0.05) is 30.3 Å². The fourth-order valence-corrected chi connectivity index (χ4v) is 5.44. The number of thiophene rings is 1. The summed E-state index contributed by atoms with van der Waals surface area (Å²) in [6.07, 6.45) is 2.92. The van der Waals surface area contributed by atoms with Gasteiger partial charge in [-0.3, -0.25) is 0 Å². The van der Waals surface area contributed by atoms with Gasteiger partial charge in [-0.25, -0.2) is 9.97 Å². The van der Waals surface area contributed by atoms with E-state index in [1.165, 1.54) is 29.4 Å². The second-order valence-corrected chi connectivity index (χ2v) is 8.72. The van der Waals surface area contributed by atoms with Crippen LogP contribution in [-0.2, 0) is 4.74 Å². The fraction of sp³-hybridized carbons (Fsp3) is 0.455. The Hall–Kier alpha value is -2.02. The van der Waals surface area contributed by atoms with Crippen molar-refractivity contribution in [3.8, 4) is 11.1 Å². The van der Waals surface area contributed by atoms with Crippen LogP contribution in [0.1, 0.15) is 18.7 Å². The van der Waals surface area contributed by atoms with Crippen molar-refractivity contribution >= 4 is 27.4 Å². The highest BCUT2D eigenvalue weighted by Crippen LogP contribution is 2.38. The zero-order chi connectivity index (χ0) is 18.9. The topological polar surface area (TPSA) is 42.7 Å². The molecule has 2 aromatic heterocycles. The molecule has 1 N–H and O–H groups in total. The first-order chi connectivity index (χ1) is 13.8. The van der Waals surface area contributed by atoms with E-state index in [1.807, 2.05) is 6.92 Å². The van der Waals surface area contributed by atoms with Gasteiger partial charge in [0.1, 0.15) is 29.1 Å². The third-order valence-electron chi connectivity index (χ3n) is 5.92. The number of nitrogens with zero attached hydrogens (tertiary/aromatic N) is 3. The molecule has 5 nitrogen and oxygen atoms in total. The van der Waals surface area contributed by atoms with Crippen molar-refractivity contribution in [3.63, 3.8) is 0 Å². The minimum Gasteiger partial charge on any atom is -0.372 e. The molecular formula is C22H27N4OS+. The molecule has 146 valence electrons. The number of benzene rings is 1. The highest BCUT2D eigenvalue weighted by molar-refractivity contribution is 7.17. The molecule has 0 radical (unpaired) electrons. The van der Waals surface area contributed by atoms with Crippen LogP contribution in [0.25, 0.3) is 21.3 Å². The van der Waals surface area contributed by atoms with Crippen molar-refractivity contribution in [2.24, 2.45) is 0 Å². The number of fused-ring (bicyclic) bond motifs is 1. The van der Waals surface area contributed by atoms with Crippen molar-refractivity contribution in [2.75, 3.05) is 44.2 Å². The average molecular weight is 396 g/mol. The van der Waals surface area contributed by atoms with Gasteiger partial charge in [0.15, 0.2) is 0 Å². The third kappa shape index (κ3) is 3.52. The SMILES string of the molecule is Cc1nc(N2CC[NH+](C[C@@H]3CCCO3)CC2)c2c(-c3ccccc3)csc2n1. The van der Waals surface area contributed by atoms with Crippen LogP contribution in [0.3, 0.4) is 0 Å². The zero-order valence-corrected chi connectivity index (χ0v) is 17.2. The lowest BCUT2D eigenvalue weighted by atomic mass is 10.1. The first-order valence-electron chi connectivity index (χ1n) is 10.3. The van der Waals surface area contributed by atoms with Crippen molar-refractivity contribution in [1.29, 1.82) is 0 Å². The van der Waals surface area contributed by atoms with Crippen molar-refractivity contribution in [3.05, 3.63) is 41.5 Å². The highest BCUT2D eigenvalue weighted by atomic mass is 32.1. The average Bonchev–Trinajstić information content (AvgIpc) is 3.38. The number of nitrogens with one attached hydrogen (secondary N) is 1. The highest BCUT2D eigenvalue weighted by Gasteiger charge is 2.28. The first kappa shape index (κ1) is 18.0. The molecule has 5 rings (SSSR count). The van der Waals surface area contributed by atoms with E-state index < -0.39 is 0 Å². The first-order valence-corrected chi connectivity index (χ1v) is 11.2. The van der Waals surface area contributed by atoms with E-state index in [4.69, 9.17) is 14.7 Å². The van der Waals surface area contributed by atoms with Crippen LogP contribution in [0, 0.1) is 6.92 Å². The number of quaternary nitrogens is 1. The summed E-state index contributed by atoms with van der Waals surface area (Å²) in [5, 5.41) is 3.45. The monoisotopic (exact) mass is 395 g/mol. The van der Waals surface area contributed by atoms with Gasteiger partial charge in [0.05, 0.1) is 31.6 Å². The molecule has 1 aromatic carbocycles. The number of aromatic nitrogens is 2. The Morgan fingerprint density at radius 3 is 2.75 bits per heavy atom. The molecule has 2 fully saturated rings. The lowest BCUT2D eigenvalue weighted by Gasteiger charge is -2.34. The molecule has 1 atom stereocenters. The molecule has 3 aromatic rings. The Morgan fingerprint density at radius 1 is 1.18 bits per heavy atom. The normalized spacial score (nSPS) is 20.9. The Morgan fingerprint density at radius 2 is 2.00 bits per heavy atom. The summed E-state index contributed by atoms with van der Waals surface area (Å²) in [6, 6.07) is 10.6. The van der Waals surface area contributed by atoms with E-state index in [0.29, 0.717) is 6.10 Å². The van der Waals surface area contributed by atoms with Crippen LogP contribution < -0.4 is 9.80 Å². The minimum absolute atomic E-state index is 0.469. The molecule has 0 saturated carbocycles. The third-order valence-corrected chi connectivity index (χ3v) is 6.79. The number of aryl methyl sites for hydroxylation is 1. The van der Waals surface area contributed by atoms with Crippen LogP contribution in [0.4, 0.5) is 5.82 Å². The van der Waals surface area contributed by atoms with Gasteiger partial charge in [0, 0.05) is 17.6 Å². The van der Waals surface area contributed by atoms with Crippen LogP contribution in [-0.4, -0.2) is 55.4 Å². The fourth-order valence-electron chi connectivity index (χ4n) is 4.45. The molecule has 0 aliphatic carbocycles. The maximum atomic E-state index is 5.84. The number of hydrogen-bond acceptors (Lipinski definition) is 5. The predicted molar refractivity (Wildman–Crippen MR) is 114 cm³/mol. The molecule has 6 heteroatoms. The van der Waals surface area contributed by atoms with Gasteiger partial charge in [-0.2, -0.15) is 0 Å². The second-order valence-electron chi connectivity index (χ2n) is 7.87. The molecule has 4 heterocycles. The molecule has 0 spiro atoms. The van der Waals surface area contributed by atoms with E-state index in [2.05, 4.69) is 40.6 Å². The lowest BCUT2D eigenvalue weighted by Crippen LogP contribution is -3.15. The number of anilines is 1. The maximum Gasteiger partial charge on any atom is 0.142 e. The molecule has 0 unspecified atom stereocenters. The summed E-state index contributed by atoms with van der Waals surface area (Å²) in [5.74, 6) is 1.97. The largest absolute Gasteiger partial charge is 0.372 e. The summed E-state index contributed by atoms with van der Waals surface area (Å²) in [5.41, 5.74) is 2.50. The molecule has 2 aliphatic rings. The quantitative estimate of drug-likeness (QED) is 0.737. The van der Waals surface area contributed by atoms with Crippen LogP contribution in [0.2, 0.25) is 0 Å². The van der Waals surface area contributed by atoms with E-state index in [-0.39, 0.29) is 0 Å². The molecule has 2 aliphatic heterocycles. The van der Waals surface area contributed by atoms with Gasteiger partial charge >= 0.3 is 0 Å². The van der Waals surface area contributed by atoms with E-state index in [1.54, 1.807) is 16.2 Å². The number of piperazine rings is 1. The Balaban J connectivity index is 1.42. The number of rotatable bonds is 4. The van der Waals surface area contributed by atoms with Crippen molar-refractivity contribution < 1.29 is 9.64 Å². The van der Waals surface area contributed by atoms with Gasteiger partial charge < -0.3 is 14.5 Å². The predicted octanol–water partition coefficient (Wildman–Crippen LogP) is 2.55. The van der Waals surface area contributed by atoms with Crippen LogP contribution >= 0.6 is 11.3 Å². The van der Waals surface area contributed by atoms with E-state index in [9.17, 15) is 0 Å². The second kappa shape index (κ2) is 7.78. The van der Waals surface area contributed by atoms with Crippen LogP contribution in [0.15, 0.2) is 35.7 Å². The Labute approximate surface area is 170 Å². The van der Waals surface area contributed by atoms with Gasteiger partial charge in [0.25, 0.3) is 0 Å². The lowest BCUT2D eigenvalue weighted by molar-refractivity contribution is -0.903.